The molecule has 0 saturated carbocycles. The average molecular weight is 223 g/mol. The summed E-state index contributed by atoms with van der Waals surface area (Å²) in [6.07, 6.45) is 2.64. The highest BCUT2D eigenvalue weighted by atomic mass is 35.5. The minimum Gasteiger partial charge on any atom is -0.499 e. The van der Waals surface area contributed by atoms with Gasteiger partial charge in [0.1, 0.15) is 10.9 Å². The Kier molecular flexibility index (Phi) is 3.17. The van der Waals surface area contributed by atoms with Crippen LogP contribution in [0.3, 0.4) is 0 Å². The maximum Gasteiger partial charge on any atom is 0.159 e. The molecular weight excluding hydrogens is 215 g/mol. The number of ether oxygens (including phenoxy) is 1. The highest BCUT2D eigenvalue weighted by Gasteiger charge is 2.34. The summed E-state index contributed by atoms with van der Waals surface area (Å²) < 4.78 is 4.99. The van der Waals surface area contributed by atoms with Crippen molar-refractivity contribution in [3.63, 3.8) is 0 Å². The van der Waals surface area contributed by atoms with Crippen LogP contribution >= 0.6 is 23.2 Å². The molecule has 4 nitrogen and oxygen atoms in total. The monoisotopic (exact) mass is 222 g/mol. The molecule has 0 aromatic heterocycles. The van der Waals surface area contributed by atoms with Crippen LogP contribution in [-0.4, -0.2) is 35.1 Å². The van der Waals surface area contributed by atoms with Crippen LogP contribution in [0.4, 0.5) is 0 Å². The summed E-state index contributed by atoms with van der Waals surface area (Å²) in [6.45, 7) is 0.192. The number of allylic oxidation sites excluding steroid dienone is 1. The van der Waals surface area contributed by atoms with Gasteiger partial charge in [-0.25, -0.2) is 0 Å². The molecule has 0 aromatic carbocycles. The summed E-state index contributed by atoms with van der Waals surface area (Å²) in [5.74, 6) is 0.409. The molecule has 1 aliphatic rings. The van der Waals surface area contributed by atoms with Crippen molar-refractivity contribution in [3.8, 4) is 0 Å². The predicted octanol–water partition coefficient (Wildman–Crippen LogP) is 1.61. The fourth-order valence-corrected chi connectivity index (χ4v) is 1.36. The van der Waals surface area contributed by atoms with Gasteiger partial charge in [-0.05, 0) is 0 Å². The van der Waals surface area contributed by atoms with E-state index in [1.807, 2.05) is 0 Å². The number of oxime groups is 1. The zero-order valence-corrected chi connectivity index (χ0v) is 8.38. The smallest absolute Gasteiger partial charge is 0.159 e. The summed E-state index contributed by atoms with van der Waals surface area (Å²) in [6, 6.07) is 0. The van der Waals surface area contributed by atoms with Crippen LogP contribution in [0.2, 0.25) is 0 Å². The molecule has 0 bridgehead atoms. The molecule has 0 aromatic rings. The van der Waals surface area contributed by atoms with Crippen LogP contribution < -0.4 is 0 Å². The molecule has 6 heteroatoms. The molecule has 0 saturated heterocycles. The lowest BCUT2D eigenvalue weighted by Gasteiger charge is -2.24. The van der Waals surface area contributed by atoms with E-state index in [0.29, 0.717) is 10.9 Å². The summed E-state index contributed by atoms with van der Waals surface area (Å²) >= 11 is 11.7. The third kappa shape index (κ3) is 2.14. The number of methoxy groups -OCH3 is 1. The van der Waals surface area contributed by atoms with E-state index in [4.69, 9.17) is 33.1 Å². The Bertz CT molecular complexity index is 288. The Morgan fingerprint density at radius 1 is 1.85 bits per heavy atom. The Hall–Kier alpha value is -0.740. The summed E-state index contributed by atoms with van der Waals surface area (Å²) in [4.78, 5) is 2.87. The molecule has 72 valence electrons. The van der Waals surface area contributed by atoms with E-state index in [9.17, 15) is 0 Å². The van der Waals surface area contributed by atoms with E-state index in [1.165, 1.54) is 13.2 Å². The van der Waals surface area contributed by atoms with Crippen molar-refractivity contribution in [1.29, 1.82) is 0 Å². The van der Waals surface area contributed by atoms with Gasteiger partial charge in [-0.15, -0.1) is 11.6 Å². The van der Waals surface area contributed by atoms with Crippen molar-refractivity contribution in [2.75, 3.05) is 13.7 Å². The zero-order valence-electron chi connectivity index (χ0n) is 6.87. The van der Waals surface area contributed by atoms with Crippen molar-refractivity contribution in [2.24, 2.45) is 10.1 Å². The molecule has 0 radical (unpaired) electrons. The lowest BCUT2D eigenvalue weighted by Crippen LogP contribution is -2.34. The van der Waals surface area contributed by atoms with E-state index in [-0.39, 0.29) is 6.54 Å². The van der Waals surface area contributed by atoms with Gasteiger partial charge in [0, 0.05) is 6.08 Å². The van der Waals surface area contributed by atoms with Crippen molar-refractivity contribution in [1.82, 2.24) is 0 Å². The van der Waals surface area contributed by atoms with E-state index < -0.39 is 4.87 Å². The fraction of sp³-hybridized carbons (Fsp3) is 0.429. The van der Waals surface area contributed by atoms with Crippen molar-refractivity contribution in [2.45, 2.75) is 4.87 Å². The van der Waals surface area contributed by atoms with E-state index in [2.05, 4.69) is 10.1 Å². The number of nitrogens with zero attached hydrogens (tertiary/aromatic N) is 2. The third-order valence-electron chi connectivity index (χ3n) is 1.60. The van der Waals surface area contributed by atoms with Crippen molar-refractivity contribution in [3.05, 3.63) is 11.8 Å². The first-order valence-electron chi connectivity index (χ1n) is 3.46. The molecule has 0 aliphatic carbocycles. The maximum atomic E-state index is 8.38. The molecule has 1 heterocycles. The molecule has 1 aliphatic heterocycles. The maximum absolute atomic E-state index is 8.38. The minimum atomic E-state index is -1.03. The number of alkyl halides is 1. The quantitative estimate of drug-likeness (QED) is 0.334. The molecule has 0 amide bonds. The van der Waals surface area contributed by atoms with Gasteiger partial charge >= 0.3 is 0 Å². The van der Waals surface area contributed by atoms with Gasteiger partial charge in [0.25, 0.3) is 0 Å². The zero-order chi connectivity index (χ0) is 9.90. The van der Waals surface area contributed by atoms with Gasteiger partial charge in [0.2, 0.25) is 0 Å². The average Bonchev–Trinajstić information content (AvgIpc) is 2.10. The second-order valence-corrected chi connectivity index (χ2v) is 3.52. The van der Waals surface area contributed by atoms with E-state index >= 15 is 0 Å². The molecule has 1 atom stereocenters. The molecule has 13 heavy (non-hydrogen) atoms. The second-order valence-electron chi connectivity index (χ2n) is 2.46. The predicted molar refractivity (Wildman–Crippen MR) is 52.1 cm³/mol. The van der Waals surface area contributed by atoms with Crippen molar-refractivity contribution < 1.29 is 9.94 Å². The Balaban J connectivity index is 2.98. The van der Waals surface area contributed by atoms with Gasteiger partial charge in [-0.3, -0.25) is 4.99 Å². The fourth-order valence-electron chi connectivity index (χ4n) is 0.967. The normalized spacial score (nSPS) is 28.5. The van der Waals surface area contributed by atoms with Gasteiger partial charge in [0.15, 0.2) is 4.87 Å². The SMILES string of the molecule is COC1=CC(Cl)=NCC1(Cl)C=NO. The first kappa shape index (κ1) is 10.3. The first-order valence-corrected chi connectivity index (χ1v) is 4.21. The molecular formula is C7H8Cl2N2O2. The van der Waals surface area contributed by atoms with E-state index in [0.717, 1.165) is 6.21 Å². The number of halogens is 2. The lowest BCUT2D eigenvalue weighted by atomic mass is 10.1. The van der Waals surface area contributed by atoms with Gasteiger partial charge < -0.3 is 9.94 Å². The Morgan fingerprint density at radius 2 is 2.54 bits per heavy atom. The summed E-state index contributed by atoms with van der Waals surface area (Å²) in [5, 5.41) is 11.6. The van der Waals surface area contributed by atoms with Crippen LogP contribution in [0, 0.1) is 0 Å². The lowest BCUT2D eigenvalue weighted by molar-refractivity contribution is 0.266. The number of aliphatic imine (C=N–C) groups is 1. The molecule has 1 N–H and O–H groups in total. The Morgan fingerprint density at radius 3 is 3.08 bits per heavy atom. The van der Waals surface area contributed by atoms with Crippen LogP contribution in [0.5, 0.6) is 0 Å². The van der Waals surface area contributed by atoms with Gasteiger partial charge in [-0.2, -0.15) is 0 Å². The first-order chi connectivity index (χ1) is 6.12. The molecule has 0 fully saturated rings. The number of hydrogen-bond donors (Lipinski definition) is 1. The topological polar surface area (TPSA) is 54.2 Å². The van der Waals surface area contributed by atoms with Crippen LogP contribution in [0.15, 0.2) is 22.0 Å². The standard InChI is InChI=1S/C7H8Cl2N2O2/c1-13-5-2-6(8)10-3-7(5,9)4-11-12/h2,4,12H,3H2,1H3. The highest BCUT2D eigenvalue weighted by molar-refractivity contribution is 6.68. The second kappa shape index (κ2) is 3.98. The van der Waals surface area contributed by atoms with E-state index in [1.54, 1.807) is 0 Å². The largest absolute Gasteiger partial charge is 0.499 e. The Labute approximate surface area is 85.5 Å². The molecule has 1 rings (SSSR count). The molecule has 1 unspecified atom stereocenters. The minimum absolute atomic E-state index is 0.192. The number of hydrogen-bond acceptors (Lipinski definition) is 4. The number of rotatable bonds is 2. The van der Waals surface area contributed by atoms with Crippen LogP contribution in [0.25, 0.3) is 0 Å². The summed E-state index contributed by atoms with van der Waals surface area (Å²) in [5.41, 5.74) is 0. The third-order valence-corrected chi connectivity index (χ3v) is 2.23. The highest BCUT2D eigenvalue weighted by Crippen LogP contribution is 2.28. The molecule has 0 spiro atoms. The number of dihydropyridines is 1. The van der Waals surface area contributed by atoms with Gasteiger partial charge in [0.05, 0.1) is 19.9 Å². The van der Waals surface area contributed by atoms with Crippen molar-refractivity contribution >= 4 is 34.6 Å². The van der Waals surface area contributed by atoms with Gasteiger partial charge in [-0.1, -0.05) is 16.8 Å². The summed E-state index contributed by atoms with van der Waals surface area (Å²) in [7, 11) is 1.46. The van der Waals surface area contributed by atoms with Crippen LogP contribution in [-0.2, 0) is 4.74 Å². The van der Waals surface area contributed by atoms with Crippen LogP contribution in [0.1, 0.15) is 0 Å².